The largest absolute Gasteiger partial charge is 0.455 e. The number of anilines is 1. The molecule has 0 saturated heterocycles. The predicted molar refractivity (Wildman–Crippen MR) is 78.0 cm³/mol. The second-order valence-electron chi connectivity index (χ2n) is 5.33. The number of rotatable bonds is 4. The molecule has 1 aliphatic carbocycles. The molecule has 1 fully saturated rings. The summed E-state index contributed by atoms with van der Waals surface area (Å²) in [5.41, 5.74) is -1.11. The molecule has 0 bridgehead atoms. The van der Waals surface area contributed by atoms with E-state index >= 15 is 0 Å². The molecule has 1 aromatic carbocycles. The van der Waals surface area contributed by atoms with Crippen LogP contribution in [0.15, 0.2) is 18.2 Å². The minimum absolute atomic E-state index is 0.0661. The molecule has 23 heavy (non-hydrogen) atoms. The van der Waals surface area contributed by atoms with Gasteiger partial charge in [-0.1, -0.05) is 24.4 Å². The van der Waals surface area contributed by atoms with Crippen LogP contribution in [0.25, 0.3) is 0 Å². The van der Waals surface area contributed by atoms with Gasteiger partial charge < -0.3 is 10.1 Å². The van der Waals surface area contributed by atoms with Gasteiger partial charge >= 0.3 is 12.1 Å². The Hall–Kier alpha value is -1.76. The summed E-state index contributed by atoms with van der Waals surface area (Å²) in [6, 6.07) is 3.03. The second kappa shape index (κ2) is 7.21. The lowest BCUT2D eigenvalue weighted by atomic mass is 10.1. The van der Waals surface area contributed by atoms with Crippen LogP contribution >= 0.6 is 11.6 Å². The van der Waals surface area contributed by atoms with Crippen LogP contribution in [-0.2, 0) is 20.5 Å². The van der Waals surface area contributed by atoms with Crippen LogP contribution in [0.5, 0.6) is 0 Å². The molecule has 0 aliphatic heterocycles. The highest BCUT2D eigenvalue weighted by Gasteiger charge is 2.33. The lowest BCUT2D eigenvalue weighted by Crippen LogP contribution is -2.24. The number of carbonyl (C=O) groups is 2. The maximum absolute atomic E-state index is 12.7. The van der Waals surface area contributed by atoms with Crippen LogP contribution in [0.3, 0.4) is 0 Å². The van der Waals surface area contributed by atoms with Crippen molar-refractivity contribution in [3.63, 3.8) is 0 Å². The fourth-order valence-corrected chi connectivity index (χ4v) is 2.66. The van der Waals surface area contributed by atoms with E-state index in [1.165, 1.54) is 6.07 Å². The number of nitrogens with one attached hydrogen (secondary N) is 1. The van der Waals surface area contributed by atoms with Crippen molar-refractivity contribution in [2.75, 3.05) is 11.9 Å². The second-order valence-corrected chi connectivity index (χ2v) is 5.74. The molecule has 0 unspecified atom stereocenters. The first kappa shape index (κ1) is 17.6. The normalized spacial score (nSPS) is 15.5. The zero-order valence-corrected chi connectivity index (χ0v) is 12.8. The summed E-state index contributed by atoms with van der Waals surface area (Å²) in [5.74, 6) is -1.33. The van der Waals surface area contributed by atoms with Crippen molar-refractivity contribution in [2.45, 2.75) is 31.9 Å². The third kappa shape index (κ3) is 4.86. The Morgan fingerprint density at radius 2 is 1.91 bits per heavy atom. The fourth-order valence-electron chi connectivity index (χ4n) is 2.43. The van der Waals surface area contributed by atoms with Crippen molar-refractivity contribution in [1.82, 2.24) is 0 Å². The number of carbonyl (C=O) groups excluding carboxylic acids is 2. The van der Waals surface area contributed by atoms with E-state index in [1.54, 1.807) is 0 Å². The molecule has 1 amide bonds. The highest BCUT2D eigenvalue weighted by atomic mass is 35.5. The minimum atomic E-state index is -4.62. The van der Waals surface area contributed by atoms with E-state index in [-0.39, 0.29) is 11.6 Å². The van der Waals surface area contributed by atoms with Crippen molar-refractivity contribution in [2.24, 2.45) is 5.92 Å². The Balaban J connectivity index is 1.91. The molecule has 0 heterocycles. The van der Waals surface area contributed by atoms with E-state index in [1.807, 2.05) is 0 Å². The minimum Gasteiger partial charge on any atom is -0.455 e. The standard InChI is InChI=1S/C15H15ClF3NO3/c16-12-6-5-10(7-11(12)15(17,18)19)20-13(21)8-23-14(22)9-3-1-2-4-9/h5-7,9H,1-4,8H2,(H,20,21). The molecule has 1 aromatic rings. The molecule has 1 N–H and O–H groups in total. The van der Waals surface area contributed by atoms with E-state index in [0.717, 1.165) is 37.8 Å². The monoisotopic (exact) mass is 349 g/mol. The predicted octanol–water partition coefficient (Wildman–Crippen LogP) is 4.03. The Bertz CT molecular complexity index is 598. The van der Waals surface area contributed by atoms with E-state index in [2.05, 4.69) is 5.32 Å². The summed E-state index contributed by atoms with van der Waals surface area (Å²) in [7, 11) is 0. The zero-order chi connectivity index (χ0) is 17.0. The average Bonchev–Trinajstić information content (AvgIpc) is 3.00. The van der Waals surface area contributed by atoms with Crippen LogP contribution in [0, 0.1) is 5.92 Å². The number of hydrogen-bond acceptors (Lipinski definition) is 3. The van der Waals surface area contributed by atoms with E-state index in [4.69, 9.17) is 16.3 Å². The van der Waals surface area contributed by atoms with E-state index < -0.39 is 35.2 Å². The third-order valence-electron chi connectivity index (χ3n) is 3.59. The highest BCUT2D eigenvalue weighted by Crippen LogP contribution is 2.36. The molecule has 0 atom stereocenters. The van der Waals surface area contributed by atoms with E-state index in [0.29, 0.717) is 0 Å². The molecule has 0 aromatic heterocycles. The lowest BCUT2D eigenvalue weighted by molar-refractivity contribution is -0.151. The van der Waals surface area contributed by atoms with Gasteiger partial charge in [-0.2, -0.15) is 13.2 Å². The quantitative estimate of drug-likeness (QED) is 0.835. The summed E-state index contributed by atoms with van der Waals surface area (Å²) in [4.78, 5) is 23.3. The molecule has 1 aliphatic rings. The number of hydrogen-bond donors (Lipinski definition) is 1. The summed E-state index contributed by atoms with van der Waals surface area (Å²) >= 11 is 5.49. The Morgan fingerprint density at radius 3 is 2.52 bits per heavy atom. The number of amides is 1. The fraction of sp³-hybridized carbons (Fsp3) is 0.467. The maximum atomic E-state index is 12.7. The Morgan fingerprint density at radius 1 is 1.26 bits per heavy atom. The topological polar surface area (TPSA) is 55.4 Å². The van der Waals surface area contributed by atoms with Crippen LogP contribution in [0.1, 0.15) is 31.2 Å². The lowest BCUT2D eigenvalue weighted by Gasteiger charge is -2.12. The van der Waals surface area contributed by atoms with Gasteiger partial charge in [-0.25, -0.2) is 0 Å². The molecule has 0 radical (unpaired) electrons. The Kier molecular flexibility index (Phi) is 5.51. The van der Waals surface area contributed by atoms with Crippen molar-refractivity contribution in [1.29, 1.82) is 0 Å². The number of alkyl halides is 3. The first-order chi connectivity index (χ1) is 10.8. The number of esters is 1. The molecular weight excluding hydrogens is 335 g/mol. The van der Waals surface area contributed by atoms with Gasteiger partial charge in [0.2, 0.25) is 0 Å². The summed E-state index contributed by atoms with van der Waals surface area (Å²) in [6.45, 7) is -0.528. The average molecular weight is 350 g/mol. The van der Waals surface area contributed by atoms with Crippen molar-refractivity contribution in [3.05, 3.63) is 28.8 Å². The van der Waals surface area contributed by atoms with Gasteiger partial charge in [-0.05, 0) is 31.0 Å². The molecule has 8 heteroatoms. The molecule has 0 spiro atoms. The van der Waals surface area contributed by atoms with E-state index in [9.17, 15) is 22.8 Å². The van der Waals surface area contributed by atoms with Crippen molar-refractivity contribution in [3.8, 4) is 0 Å². The van der Waals surface area contributed by atoms with Crippen LogP contribution in [-0.4, -0.2) is 18.5 Å². The van der Waals surface area contributed by atoms with Gasteiger partial charge in [0.05, 0.1) is 16.5 Å². The molecule has 126 valence electrons. The Labute approximate surface area is 135 Å². The number of benzene rings is 1. The number of ether oxygens (including phenoxy) is 1. The third-order valence-corrected chi connectivity index (χ3v) is 3.92. The van der Waals surface area contributed by atoms with Crippen LogP contribution < -0.4 is 5.32 Å². The summed E-state index contributed by atoms with van der Waals surface area (Å²) in [6.07, 6.45) is -1.22. The highest BCUT2D eigenvalue weighted by molar-refractivity contribution is 6.31. The van der Waals surface area contributed by atoms with Gasteiger partial charge in [-0.3, -0.25) is 9.59 Å². The zero-order valence-electron chi connectivity index (χ0n) is 12.1. The summed E-state index contributed by atoms with van der Waals surface area (Å²) < 4.78 is 43.1. The first-order valence-electron chi connectivity index (χ1n) is 7.10. The van der Waals surface area contributed by atoms with Crippen LogP contribution in [0.2, 0.25) is 5.02 Å². The van der Waals surface area contributed by atoms with Gasteiger partial charge in [0.15, 0.2) is 6.61 Å². The van der Waals surface area contributed by atoms with Crippen molar-refractivity contribution >= 4 is 29.2 Å². The smallest absolute Gasteiger partial charge is 0.417 e. The molecular formula is C15H15ClF3NO3. The van der Waals surface area contributed by atoms with Gasteiger partial charge in [0, 0.05) is 5.69 Å². The molecule has 1 saturated carbocycles. The van der Waals surface area contributed by atoms with Crippen molar-refractivity contribution < 1.29 is 27.5 Å². The molecule has 2 rings (SSSR count). The van der Waals surface area contributed by atoms with Crippen LogP contribution in [0.4, 0.5) is 18.9 Å². The number of halogens is 4. The molecule has 4 nitrogen and oxygen atoms in total. The van der Waals surface area contributed by atoms with Gasteiger partial charge in [0.1, 0.15) is 0 Å². The first-order valence-corrected chi connectivity index (χ1v) is 7.48. The maximum Gasteiger partial charge on any atom is 0.417 e. The van der Waals surface area contributed by atoms with Gasteiger partial charge in [-0.15, -0.1) is 0 Å². The summed E-state index contributed by atoms with van der Waals surface area (Å²) in [5, 5.41) is 1.80. The SMILES string of the molecule is O=C(COC(=O)C1CCCC1)Nc1ccc(Cl)c(C(F)(F)F)c1. The van der Waals surface area contributed by atoms with Gasteiger partial charge in [0.25, 0.3) is 5.91 Å².